The third-order valence-electron chi connectivity index (χ3n) is 0. The fourth-order valence-electron chi connectivity index (χ4n) is 0. The normalized spacial score (nSPS) is 1.50. The topological polar surface area (TPSA) is 17.1 Å². The summed E-state index contributed by atoms with van der Waals surface area (Å²) in [6.45, 7) is 0. The molecule has 0 atom stereocenters. The van der Waals surface area contributed by atoms with Gasteiger partial charge in [0.2, 0.25) is 0 Å². The molecule has 0 bridgehead atoms. The SMILES string of the molecule is [H-].[H-].[Mg+2].[Ni].[O]=[Ni]. The van der Waals surface area contributed by atoms with Crippen LogP contribution in [0, 0.1) is 0 Å². The molecule has 0 amide bonds. The minimum absolute atomic E-state index is 0. The van der Waals surface area contributed by atoms with Crippen LogP contribution in [0.3, 0.4) is 0 Å². The van der Waals surface area contributed by atoms with E-state index < -0.39 is 0 Å². The molecule has 0 spiro atoms. The van der Waals surface area contributed by atoms with E-state index in [0.717, 1.165) is 0 Å². The van der Waals surface area contributed by atoms with Gasteiger partial charge in [0, 0.05) is 16.5 Å². The van der Waals surface area contributed by atoms with Crippen molar-refractivity contribution in [2.75, 3.05) is 0 Å². The third-order valence-corrected chi connectivity index (χ3v) is 0. The summed E-state index contributed by atoms with van der Waals surface area (Å²) in [7, 11) is 0. The molecule has 0 radical (unpaired) electrons. The molecular weight excluding hydrogens is 158 g/mol. The maximum absolute atomic E-state index is 7.88. The molecular formula is H2MgNi2O. The minimum atomic E-state index is 0. The zero-order valence-electron chi connectivity index (χ0n) is 3.75. The average molecular weight is 160 g/mol. The van der Waals surface area contributed by atoms with Crippen molar-refractivity contribution < 1.29 is 38.6 Å². The Morgan fingerprint density at radius 3 is 1.50 bits per heavy atom. The standard InChI is InChI=1S/Mg.2Ni.O.2H/q+2;;;;2*-1. The van der Waals surface area contributed by atoms with E-state index in [1.54, 1.807) is 0 Å². The summed E-state index contributed by atoms with van der Waals surface area (Å²) in [5.41, 5.74) is 0. The van der Waals surface area contributed by atoms with Crippen molar-refractivity contribution >= 4 is 23.1 Å². The second-order valence-corrected chi connectivity index (χ2v) is 0. The number of hydrogen-bond acceptors (Lipinski definition) is 1. The summed E-state index contributed by atoms with van der Waals surface area (Å²) in [4.78, 5) is 0. The van der Waals surface area contributed by atoms with Gasteiger partial charge in [-0.2, -0.15) is 0 Å². The first-order valence-corrected chi connectivity index (χ1v) is 0.532. The van der Waals surface area contributed by atoms with Crippen molar-refractivity contribution in [2.24, 2.45) is 0 Å². The molecule has 0 fully saturated rings. The molecule has 0 heterocycles. The predicted octanol–water partition coefficient (Wildman–Crippen LogP) is -0.280. The fraction of sp³-hybridized carbons (Fsp3) is 0. The van der Waals surface area contributed by atoms with Gasteiger partial charge < -0.3 is 2.85 Å². The predicted molar refractivity (Wildman–Crippen MR) is 8.66 cm³/mol. The van der Waals surface area contributed by atoms with Gasteiger partial charge in [-0.3, -0.25) is 0 Å². The van der Waals surface area contributed by atoms with Crippen LogP contribution in [-0.4, -0.2) is 23.1 Å². The van der Waals surface area contributed by atoms with Crippen LogP contribution in [0.2, 0.25) is 0 Å². The molecule has 4 heteroatoms. The molecule has 0 aliphatic rings. The van der Waals surface area contributed by atoms with Crippen LogP contribution in [0.1, 0.15) is 2.85 Å². The van der Waals surface area contributed by atoms with Crippen molar-refractivity contribution in [3.8, 4) is 0 Å². The zero-order chi connectivity index (χ0) is 2.00. The fourth-order valence-corrected chi connectivity index (χ4v) is 0. The van der Waals surface area contributed by atoms with E-state index in [4.69, 9.17) is 3.90 Å². The molecule has 0 unspecified atom stereocenters. The Morgan fingerprint density at radius 2 is 1.50 bits per heavy atom. The van der Waals surface area contributed by atoms with Gasteiger partial charge in [-0.1, -0.05) is 0 Å². The van der Waals surface area contributed by atoms with Crippen LogP contribution in [0.15, 0.2) is 0 Å². The Morgan fingerprint density at radius 1 is 1.50 bits per heavy atom. The number of rotatable bonds is 0. The molecule has 0 aliphatic heterocycles. The molecule has 0 saturated carbocycles. The molecule has 0 aliphatic carbocycles. The van der Waals surface area contributed by atoms with Gasteiger partial charge in [0.15, 0.2) is 0 Å². The van der Waals surface area contributed by atoms with Crippen molar-refractivity contribution in [3.63, 3.8) is 0 Å². The van der Waals surface area contributed by atoms with E-state index in [1.807, 2.05) is 0 Å². The van der Waals surface area contributed by atoms with Gasteiger partial charge in [-0.15, -0.1) is 0 Å². The first-order valence-electron chi connectivity index (χ1n) is 0.129. The molecule has 0 aromatic heterocycles. The van der Waals surface area contributed by atoms with Gasteiger partial charge in [0.05, 0.1) is 0 Å². The van der Waals surface area contributed by atoms with Crippen LogP contribution in [0.5, 0.6) is 0 Å². The van der Waals surface area contributed by atoms with Crippen LogP contribution in [0.4, 0.5) is 0 Å². The summed E-state index contributed by atoms with van der Waals surface area (Å²) < 4.78 is 7.88. The molecule has 4 heavy (non-hydrogen) atoms. The van der Waals surface area contributed by atoms with Crippen LogP contribution in [-0.2, 0) is 35.8 Å². The molecule has 0 N–H and O–H groups in total. The van der Waals surface area contributed by atoms with Gasteiger partial charge >= 0.3 is 42.3 Å². The maximum atomic E-state index is 7.88. The summed E-state index contributed by atoms with van der Waals surface area (Å²) in [6.07, 6.45) is 0. The van der Waals surface area contributed by atoms with E-state index in [1.165, 1.54) is 0 Å². The van der Waals surface area contributed by atoms with Gasteiger partial charge in [0.1, 0.15) is 0 Å². The van der Waals surface area contributed by atoms with E-state index in [-0.39, 0.29) is 42.4 Å². The average Bonchev–Trinajstić information content (AvgIpc) is 1.00. The Labute approximate surface area is 61.5 Å². The summed E-state index contributed by atoms with van der Waals surface area (Å²) >= 11 is 2.62. The summed E-state index contributed by atoms with van der Waals surface area (Å²) in [5.74, 6) is 0. The van der Waals surface area contributed by atoms with E-state index in [9.17, 15) is 0 Å². The van der Waals surface area contributed by atoms with Crippen molar-refractivity contribution in [1.29, 1.82) is 0 Å². The second-order valence-electron chi connectivity index (χ2n) is 0. The van der Waals surface area contributed by atoms with Crippen molar-refractivity contribution in [2.45, 2.75) is 0 Å². The quantitative estimate of drug-likeness (QED) is 0.445. The Kier molecular flexibility index (Phi) is 105. The summed E-state index contributed by atoms with van der Waals surface area (Å²) in [6, 6.07) is 0. The monoisotopic (exact) mass is 158 g/mol. The van der Waals surface area contributed by atoms with Crippen LogP contribution >= 0.6 is 0 Å². The molecule has 0 saturated heterocycles. The number of hydrogen-bond donors (Lipinski definition) is 0. The molecule has 0 aromatic carbocycles. The van der Waals surface area contributed by atoms with E-state index >= 15 is 0 Å². The second kappa shape index (κ2) is 23.8. The first kappa shape index (κ1) is 17.7. The Balaban J connectivity index is -0.000000000833. The molecule has 0 aromatic rings. The first-order chi connectivity index (χ1) is 1.00. The Hall–Kier alpha value is 1.55. The summed E-state index contributed by atoms with van der Waals surface area (Å²) in [5, 5.41) is 0. The van der Waals surface area contributed by atoms with Crippen LogP contribution in [0.25, 0.3) is 0 Å². The van der Waals surface area contributed by atoms with Gasteiger partial charge in [0.25, 0.3) is 0 Å². The van der Waals surface area contributed by atoms with Gasteiger partial charge in [-0.25, -0.2) is 0 Å². The zero-order valence-corrected chi connectivity index (χ0v) is 5.14. The van der Waals surface area contributed by atoms with Gasteiger partial charge in [-0.05, 0) is 0 Å². The van der Waals surface area contributed by atoms with Crippen molar-refractivity contribution in [1.82, 2.24) is 0 Å². The van der Waals surface area contributed by atoms with E-state index in [0.29, 0.717) is 0 Å². The van der Waals surface area contributed by atoms with E-state index in [2.05, 4.69) is 15.4 Å². The van der Waals surface area contributed by atoms with Crippen LogP contribution < -0.4 is 0 Å². The molecule has 1 nitrogen and oxygen atoms in total. The molecule has 0 rings (SSSR count). The Bertz CT molecular complexity index is 11.5. The third kappa shape index (κ3) is 9.60. The molecule has 30 valence electrons. The van der Waals surface area contributed by atoms with Crippen molar-refractivity contribution in [3.05, 3.63) is 0 Å².